The third-order valence-corrected chi connectivity index (χ3v) is 9.29. The molecule has 0 unspecified atom stereocenters. The lowest BCUT2D eigenvalue weighted by Crippen LogP contribution is -1.97. The van der Waals surface area contributed by atoms with Gasteiger partial charge in [-0.05, 0) is 41.8 Å². The van der Waals surface area contributed by atoms with Crippen LogP contribution in [0.5, 0.6) is 11.5 Å². The first-order valence-electron chi connectivity index (χ1n) is 15.4. The Morgan fingerprint density at radius 3 is 1.16 bits per heavy atom. The zero-order valence-corrected chi connectivity index (χ0v) is 25.6. The second kappa shape index (κ2) is 22.3. The Labute approximate surface area is 235 Å². The summed E-state index contributed by atoms with van der Waals surface area (Å²) in [5, 5.41) is 0. The lowest BCUT2D eigenvalue weighted by molar-refractivity contribution is 0.333. The zero-order valence-electron chi connectivity index (χ0n) is 24.7. The van der Waals surface area contributed by atoms with Gasteiger partial charge in [0.05, 0.1) is 20.8 Å². The summed E-state index contributed by atoms with van der Waals surface area (Å²) >= 11 is 0. The van der Waals surface area contributed by atoms with E-state index >= 15 is 0 Å². The Morgan fingerprint density at radius 2 is 0.816 bits per heavy atom. The van der Waals surface area contributed by atoms with Crippen LogP contribution in [0, 0.1) is 0 Å². The smallest absolute Gasteiger partial charge is 0.118 e. The van der Waals surface area contributed by atoms with E-state index < -0.39 is 8.15 Å². The summed E-state index contributed by atoms with van der Waals surface area (Å²) in [5.41, 5.74) is 2.63. The van der Waals surface area contributed by atoms with Crippen molar-refractivity contribution in [1.82, 2.24) is 0 Å². The standard InChI is InChI=1S/C34H55O3P/c1-4-5-6-7-8-9-10-11-12-13-14-15-16-17-18-19-28-37-38(29-31-20-24-33(35-2)25-21-31)30-32-22-26-34(36-3)27-23-32/h20-27H,4-19,28-30H2,1-3H3. The minimum atomic E-state index is -0.566. The fourth-order valence-corrected chi connectivity index (χ4v) is 6.78. The summed E-state index contributed by atoms with van der Waals surface area (Å²) in [6.07, 6.45) is 24.3. The zero-order chi connectivity index (χ0) is 27.1. The molecule has 214 valence electrons. The molecule has 0 saturated heterocycles. The number of rotatable bonds is 24. The van der Waals surface area contributed by atoms with Gasteiger partial charge in [-0.2, -0.15) is 0 Å². The Morgan fingerprint density at radius 1 is 0.474 bits per heavy atom. The summed E-state index contributed by atoms with van der Waals surface area (Å²) in [7, 11) is 2.86. The first-order chi connectivity index (χ1) is 18.7. The van der Waals surface area contributed by atoms with E-state index in [0.29, 0.717) is 0 Å². The van der Waals surface area contributed by atoms with Crippen molar-refractivity contribution < 1.29 is 14.0 Å². The molecule has 0 spiro atoms. The molecule has 0 atom stereocenters. The quantitative estimate of drug-likeness (QED) is 0.0975. The number of unbranched alkanes of at least 4 members (excludes halogenated alkanes) is 15. The maximum Gasteiger partial charge on any atom is 0.118 e. The van der Waals surface area contributed by atoms with E-state index in [9.17, 15) is 0 Å². The SMILES string of the molecule is CCCCCCCCCCCCCCCCCCOP(Cc1ccc(OC)cc1)Cc1ccc(OC)cc1. The first kappa shape index (κ1) is 32.6. The topological polar surface area (TPSA) is 27.7 Å². The highest BCUT2D eigenvalue weighted by atomic mass is 31.1. The lowest BCUT2D eigenvalue weighted by Gasteiger charge is -2.19. The van der Waals surface area contributed by atoms with Gasteiger partial charge in [0, 0.05) is 20.5 Å². The van der Waals surface area contributed by atoms with E-state index in [1.165, 1.54) is 114 Å². The summed E-state index contributed by atoms with van der Waals surface area (Å²) < 4.78 is 17.1. The van der Waals surface area contributed by atoms with Crippen LogP contribution in [0.3, 0.4) is 0 Å². The van der Waals surface area contributed by atoms with E-state index in [4.69, 9.17) is 14.0 Å². The van der Waals surface area contributed by atoms with Gasteiger partial charge in [0.2, 0.25) is 0 Å². The van der Waals surface area contributed by atoms with Crippen molar-refractivity contribution in [2.75, 3.05) is 20.8 Å². The van der Waals surface area contributed by atoms with Crippen LogP contribution >= 0.6 is 8.15 Å². The van der Waals surface area contributed by atoms with Gasteiger partial charge in [0.1, 0.15) is 11.5 Å². The molecule has 2 aromatic rings. The van der Waals surface area contributed by atoms with E-state index in [2.05, 4.69) is 31.2 Å². The van der Waals surface area contributed by atoms with Crippen molar-refractivity contribution in [3.8, 4) is 11.5 Å². The molecule has 2 rings (SSSR count). The van der Waals surface area contributed by atoms with Crippen LogP contribution in [0.2, 0.25) is 0 Å². The Balaban J connectivity index is 1.55. The molecule has 0 aromatic heterocycles. The van der Waals surface area contributed by atoms with Gasteiger partial charge in [0.25, 0.3) is 0 Å². The number of hydrogen-bond acceptors (Lipinski definition) is 3. The second-order valence-electron chi connectivity index (χ2n) is 10.6. The molecule has 0 saturated carbocycles. The third-order valence-electron chi connectivity index (χ3n) is 7.31. The summed E-state index contributed by atoms with van der Waals surface area (Å²) in [5.74, 6) is 1.81. The maximum absolute atomic E-state index is 6.48. The fraction of sp³-hybridized carbons (Fsp3) is 0.647. The molecule has 4 heteroatoms. The Kier molecular flexibility index (Phi) is 19.1. The molecule has 0 bridgehead atoms. The van der Waals surface area contributed by atoms with Crippen molar-refractivity contribution in [3.63, 3.8) is 0 Å². The normalized spacial score (nSPS) is 11.3. The van der Waals surface area contributed by atoms with Gasteiger partial charge in [0.15, 0.2) is 0 Å². The van der Waals surface area contributed by atoms with Crippen molar-refractivity contribution in [3.05, 3.63) is 59.7 Å². The molecule has 3 nitrogen and oxygen atoms in total. The Hall–Kier alpha value is -1.57. The van der Waals surface area contributed by atoms with E-state index in [0.717, 1.165) is 30.4 Å². The van der Waals surface area contributed by atoms with Gasteiger partial charge in [-0.15, -0.1) is 0 Å². The average Bonchev–Trinajstić information content (AvgIpc) is 2.95. The van der Waals surface area contributed by atoms with Crippen LogP contribution in [-0.4, -0.2) is 20.8 Å². The highest BCUT2D eigenvalue weighted by Gasteiger charge is 2.12. The molecule has 0 radical (unpaired) electrons. The molecule has 0 amide bonds. The molecule has 0 aliphatic heterocycles. The summed E-state index contributed by atoms with van der Waals surface area (Å²) in [6, 6.07) is 16.9. The van der Waals surface area contributed by atoms with Crippen LogP contribution < -0.4 is 9.47 Å². The monoisotopic (exact) mass is 542 g/mol. The van der Waals surface area contributed by atoms with Crippen molar-refractivity contribution in [1.29, 1.82) is 0 Å². The fourth-order valence-electron chi connectivity index (χ4n) is 4.86. The van der Waals surface area contributed by atoms with Crippen molar-refractivity contribution in [2.45, 2.75) is 122 Å². The minimum Gasteiger partial charge on any atom is -0.497 e. The van der Waals surface area contributed by atoms with Crippen LogP contribution in [0.15, 0.2) is 48.5 Å². The third kappa shape index (κ3) is 15.7. The van der Waals surface area contributed by atoms with Crippen LogP contribution in [-0.2, 0) is 16.8 Å². The van der Waals surface area contributed by atoms with Gasteiger partial charge >= 0.3 is 0 Å². The predicted molar refractivity (Wildman–Crippen MR) is 166 cm³/mol. The van der Waals surface area contributed by atoms with Crippen LogP contribution in [0.25, 0.3) is 0 Å². The van der Waals surface area contributed by atoms with Crippen molar-refractivity contribution >= 4 is 8.15 Å². The number of ether oxygens (including phenoxy) is 2. The highest BCUT2D eigenvalue weighted by molar-refractivity contribution is 7.50. The summed E-state index contributed by atoms with van der Waals surface area (Å²) in [6.45, 7) is 3.17. The molecular weight excluding hydrogens is 487 g/mol. The van der Waals surface area contributed by atoms with E-state index in [1.54, 1.807) is 14.2 Å². The lowest BCUT2D eigenvalue weighted by atomic mass is 10.0. The molecule has 0 N–H and O–H groups in total. The van der Waals surface area contributed by atoms with Gasteiger partial charge < -0.3 is 14.0 Å². The molecule has 0 aliphatic carbocycles. The molecule has 0 aliphatic rings. The van der Waals surface area contributed by atoms with Crippen molar-refractivity contribution in [2.24, 2.45) is 0 Å². The first-order valence-corrected chi connectivity index (χ1v) is 17.0. The molecule has 2 aromatic carbocycles. The predicted octanol–water partition coefficient (Wildman–Crippen LogP) is 11.1. The number of methoxy groups -OCH3 is 2. The second-order valence-corrected chi connectivity index (χ2v) is 12.5. The highest BCUT2D eigenvalue weighted by Crippen LogP contribution is 2.45. The molecule has 0 fully saturated rings. The molecular formula is C34H55O3P. The maximum atomic E-state index is 6.48. The van der Waals surface area contributed by atoms with Crippen LogP contribution in [0.4, 0.5) is 0 Å². The van der Waals surface area contributed by atoms with Gasteiger partial charge in [-0.3, -0.25) is 0 Å². The van der Waals surface area contributed by atoms with E-state index in [1.807, 2.05) is 24.3 Å². The largest absolute Gasteiger partial charge is 0.497 e. The van der Waals surface area contributed by atoms with E-state index in [-0.39, 0.29) is 0 Å². The van der Waals surface area contributed by atoms with Crippen LogP contribution in [0.1, 0.15) is 121 Å². The van der Waals surface area contributed by atoms with Gasteiger partial charge in [-0.1, -0.05) is 128 Å². The minimum absolute atomic E-state index is 0.566. The summed E-state index contributed by atoms with van der Waals surface area (Å²) in [4.78, 5) is 0. The number of benzene rings is 2. The van der Waals surface area contributed by atoms with Gasteiger partial charge in [-0.25, -0.2) is 0 Å². The molecule has 38 heavy (non-hydrogen) atoms. The number of hydrogen-bond donors (Lipinski definition) is 0. The average molecular weight is 543 g/mol. The molecule has 0 heterocycles. The Bertz CT molecular complexity index is 741.